The summed E-state index contributed by atoms with van der Waals surface area (Å²) in [6, 6.07) is 17.0. The topological polar surface area (TPSA) is 89.4 Å². The van der Waals surface area contributed by atoms with E-state index in [2.05, 4.69) is 11.1 Å². The fourth-order valence-electron chi connectivity index (χ4n) is 4.18. The number of hydrogen-bond donors (Lipinski definition) is 1. The largest absolute Gasteiger partial charge is 0.479 e. The molecule has 170 valence electrons. The Labute approximate surface area is 193 Å². The molecule has 1 unspecified atom stereocenters. The highest BCUT2D eigenvalue weighted by Gasteiger charge is 2.32. The Balaban J connectivity index is 1.37. The van der Waals surface area contributed by atoms with E-state index in [1.54, 1.807) is 29.2 Å². The molecule has 0 saturated carbocycles. The van der Waals surface area contributed by atoms with E-state index in [9.17, 15) is 14.9 Å². The van der Waals surface area contributed by atoms with Gasteiger partial charge in [-0.05, 0) is 29.7 Å². The fraction of sp³-hybridized carbons (Fsp3) is 0.346. The fourth-order valence-corrected chi connectivity index (χ4v) is 4.18. The Morgan fingerprint density at radius 1 is 1.03 bits per heavy atom. The quantitative estimate of drug-likeness (QED) is 0.631. The van der Waals surface area contributed by atoms with E-state index in [0.717, 1.165) is 16.5 Å². The minimum atomic E-state index is -0.687. The number of hydrogen-bond acceptors (Lipinski definition) is 4. The van der Waals surface area contributed by atoms with Crippen LogP contribution in [-0.2, 0) is 16.0 Å². The first-order chi connectivity index (χ1) is 16.0. The van der Waals surface area contributed by atoms with Gasteiger partial charge in [0.25, 0.3) is 5.91 Å². The van der Waals surface area contributed by atoms with Crippen LogP contribution in [-0.4, -0.2) is 58.9 Å². The molecule has 4 rings (SSSR count). The monoisotopic (exact) mass is 444 g/mol. The maximum absolute atomic E-state index is 13.2. The van der Waals surface area contributed by atoms with Gasteiger partial charge < -0.3 is 19.5 Å². The standard InChI is InChI=1S/C26H28N4O3/c1-18(2)25(33-23-10-6-3-7-19(23)16-27)26(32)30-13-11-29(12-14-30)24(31)15-20-17-28-22-9-5-4-8-21(20)22/h3-10,17-18,25,28H,11-15H2,1-2H3. The molecule has 1 aliphatic rings. The molecule has 2 heterocycles. The van der Waals surface area contributed by atoms with Crippen molar-refractivity contribution in [3.63, 3.8) is 0 Å². The van der Waals surface area contributed by atoms with Gasteiger partial charge >= 0.3 is 0 Å². The van der Waals surface area contributed by atoms with E-state index in [0.29, 0.717) is 43.9 Å². The van der Waals surface area contributed by atoms with Crippen LogP contribution in [0.15, 0.2) is 54.7 Å². The van der Waals surface area contributed by atoms with Gasteiger partial charge in [0.1, 0.15) is 11.8 Å². The highest BCUT2D eigenvalue weighted by atomic mass is 16.5. The summed E-state index contributed by atoms with van der Waals surface area (Å²) in [7, 11) is 0. The molecule has 33 heavy (non-hydrogen) atoms. The molecule has 2 aromatic carbocycles. The summed E-state index contributed by atoms with van der Waals surface area (Å²) in [4.78, 5) is 32.9. The molecule has 1 N–H and O–H groups in total. The Kier molecular flexibility index (Phi) is 6.64. The molecule has 0 radical (unpaired) electrons. The molecule has 0 spiro atoms. The molecular weight excluding hydrogens is 416 g/mol. The summed E-state index contributed by atoms with van der Waals surface area (Å²) in [6.45, 7) is 5.77. The van der Waals surface area contributed by atoms with Crippen LogP contribution in [0, 0.1) is 17.2 Å². The minimum absolute atomic E-state index is 0.0615. The zero-order valence-electron chi connectivity index (χ0n) is 19.0. The van der Waals surface area contributed by atoms with Crippen LogP contribution >= 0.6 is 0 Å². The zero-order valence-corrected chi connectivity index (χ0v) is 19.0. The van der Waals surface area contributed by atoms with E-state index < -0.39 is 6.10 Å². The second kappa shape index (κ2) is 9.78. The van der Waals surface area contributed by atoms with E-state index in [1.807, 2.05) is 49.2 Å². The van der Waals surface area contributed by atoms with Gasteiger partial charge in [-0.2, -0.15) is 5.26 Å². The Bertz CT molecular complexity index is 1190. The lowest BCUT2D eigenvalue weighted by atomic mass is 10.0. The van der Waals surface area contributed by atoms with Gasteiger partial charge in [-0.1, -0.05) is 44.2 Å². The first-order valence-corrected chi connectivity index (χ1v) is 11.2. The van der Waals surface area contributed by atoms with Gasteiger partial charge in [0, 0.05) is 43.3 Å². The summed E-state index contributed by atoms with van der Waals surface area (Å²) in [6.07, 6.45) is 1.54. The Hall–Kier alpha value is -3.79. The lowest BCUT2D eigenvalue weighted by Gasteiger charge is -2.37. The first-order valence-electron chi connectivity index (χ1n) is 11.2. The van der Waals surface area contributed by atoms with Crippen molar-refractivity contribution in [2.75, 3.05) is 26.2 Å². The molecule has 3 aromatic rings. The number of para-hydroxylation sites is 2. The molecule has 7 heteroatoms. The Morgan fingerprint density at radius 3 is 2.42 bits per heavy atom. The normalized spacial score (nSPS) is 14.8. The third-order valence-corrected chi connectivity index (χ3v) is 6.07. The first kappa shape index (κ1) is 22.4. The van der Waals surface area contributed by atoms with E-state index >= 15 is 0 Å². The second-order valence-electron chi connectivity index (χ2n) is 8.63. The SMILES string of the molecule is CC(C)C(Oc1ccccc1C#N)C(=O)N1CCN(C(=O)Cc2c[nH]c3ccccc23)CC1. The predicted molar refractivity (Wildman–Crippen MR) is 126 cm³/mol. The van der Waals surface area contributed by atoms with Crippen LogP contribution in [0.3, 0.4) is 0 Å². The lowest BCUT2D eigenvalue weighted by molar-refractivity contribution is -0.145. The molecule has 2 amide bonds. The van der Waals surface area contributed by atoms with Crippen LogP contribution in [0.4, 0.5) is 0 Å². The van der Waals surface area contributed by atoms with Crippen molar-refractivity contribution in [1.82, 2.24) is 14.8 Å². The maximum atomic E-state index is 13.2. The van der Waals surface area contributed by atoms with Crippen LogP contribution in [0.25, 0.3) is 10.9 Å². The molecule has 1 aliphatic heterocycles. The van der Waals surface area contributed by atoms with Gasteiger partial charge in [-0.3, -0.25) is 9.59 Å². The molecule has 0 aliphatic carbocycles. The number of H-pyrrole nitrogens is 1. The number of nitrogens with zero attached hydrogens (tertiary/aromatic N) is 3. The lowest BCUT2D eigenvalue weighted by Crippen LogP contribution is -2.54. The summed E-state index contributed by atoms with van der Waals surface area (Å²) in [5, 5.41) is 10.4. The van der Waals surface area contributed by atoms with Gasteiger partial charge in [0.05, 0.1) is 12.0 Å². The zero-order chi connectivity index (χ0) is 23.4. The number of fused-ring (bicyclic) bond motifs is 1. The molecule has 1 atom stereocenters. The molecule has 1 fully saturated rings. The van der Waals surface area contributed by atoms with Crippen LogP contribution in [0.5, 0.6) is 5.75 Å². The van der Waals surface area contributed by atoms with Gasteiger partial charge in [0.15, 0.2) is 6.10 Å². The van der Waals surface area contributed by atoms with Crippen molar-refractivity contribution in [2.24, 2.45) is 5.92 Å². The number of rotatable bonds is 6. The second-order valence-corrected chi connectivity index (χ2v) is 8.63. The number of benzene rings is 2. The smallest absolute Gasteiger partial charge is 0.264 e. The minimum Gasteiger partial charge on any atom is -0.479 e. The molecular formula is C26H28N4O3. The van der Waals surface area contributed by atoms with Crippen molar-refractivity contribution in [1.29, 1.82) is 5.26 Å². The van der Waals surface area contributed by atoms with Crippen molar-refractivity contribution < 1.29 is 14.3 Å². The number of aromatic nitrogens is 1. The number of carbonyl (C=O) groups is 2. The molecule has 0 bridgehead atoms. The number of ether oxygens (including phenoxy) is 1. The molecule has 7 nitrogen and oxygen atoms in total. The van der Waals surface area contributed by atoms with E-state index in [1.165, 1.54) is 0 Å². The van der Waals surface area contributed by atoms with Crippen LogP contribution in [0.2, 0.25) is 0 Å². The van der Waals surface area contributed by atoms with Crippen LogP contribution in [0.1, 0.15) is 25.0 Å². The highest BCUT2D eigenvalue weighted by molar-refractivity contribution is 5.89. The van der Waals surface area contributed by atoms with Crippen molar-refractivity contribution in [2.45, 2.75) is 26.4 Å². The maximum Gasteiger partial charge on any atom is 0.264 e. The van der Waals surface area contributed by atoms with Gasteiger partial charge in [-0.15, -0.1) is 0 Å². The van der Waals surface area contributed by atoms with Crippen molar-refractivity contribution in [3.05, 3.63) is 65.9 Å². The molecule has 1 saturated heterocycles. The van der Waals surface area contributed by atoms with Crippen LogP contribution < -0.4 is 4.74 Å². The number of piperazine rings is 1. The number of carbonyl (C=O) groups excluding carboxylic acids is 2. The van der Waals surface area contributed by atoms with Crippen molar-refractivity contribution >= 4 is 22.7 Å². The average Bonchev–Trinajstić information content (AvgIpc) is 3.25. The number of nitriles is 1. The summed E-state index contributed by atoms with van der Waals surface area (Å²) < 4.78 is 6.00. The summed E-state index contributed by atoms with van der Waals surface area (Å²) in [5.74, 6) is 0.304. The summed E-state index contributed by atoms with van der Waals surface area (Å²) in [5.41, 5.74) is 2.41. The van der Waals surface area contributed by atoms with E-state index in [4.69, 9.17) is 4.74 Å². The number of nitrogens with one attached hydrogen (secondary N) is 1. The van der Waals surface area contributed by atoms with Gasteiger partial charge in [-0.25, -0.2) is 0 Å². The Morgan fingerprint density at radius 2 is 1.70 bits per heavy atom. The third kappa shape index (κ3) is 4.85. The predicted octanol–water partition coefficient (Wildman–Crippen LogP) is 3.36. The third-order valence-electron chi connectivity index (χ3n) is 6.07. The van der Waals surface area contributed by atoms with E-state index in [-0.39, 0.29) is 17.7 Å². The summed E-state index contributed by atoms with van der Waals surface area (Å²) >= 11 is 0. The number of aromatic amines is 1. The molecule has 1 aromatic heterocycles. The van der Waals surface area contributed by atoms with Gasteiger partial charge in [0.2, 0.25) is 5.91 Å². The van der Waals surface area contributed by atoms with Crippen molar-refractivity contribution in [3.8, 4) is 11.8 Å². The average molecular weight is 445 g/mol. The number of amides is 2. The highest BCUT2D eigenvalue weighted by Crippen LogP contribution is 2.23.